The van der Waals surface area contributed by atoms with Crippen molar-refractivity contribution < 1.29 is 4.74 Å². The van der Waals surface area contributed by atoms with E-state index in [0.29, 0.717) is 28.8 Å². The third-order valence-corrected chi connectivity index (χ3v) is 5.95. The van der Waals surface area contributed by atoms with Crippen LogP contribution >= 0.6 is 0 Å². The summed E-state index contributed by atoms with van der Waals surface area (Å²) in [5.74, 6) is 1.88. The summed E-state index contributed by atoms with van der Waals surface area (Å²) >= 11 is 0. The molecule has 0 radical (unpaired) electrons. The van der Waals surface area contributed by atoms with Crippen LogP contribution in [0.3, 0.4) is 0 Å². The quantitative estimate of drug-likeness (QED) is 0.605. The molecular formula is C25H27N5O2. The summed E-state index contributed by atoms with van der Waals surface area (Å²) in [7, 11) is 5.37. The van der Waals surface area contributed by atoms with Gasteiger partial charge in [-0.1, -0.05) is 36.4 Å². The molecule has 164 valence electrons. The van der Waals surface area contributed by atoms with E-state index in [2.05, 4.69) is 15.1 Å². The first-order valence-electron chi connectivity index (χ1n) is 10.7. The first kappa shape index (κ1) is 21.6. The number of rotatable bonds is 6. The molecule has 3 aromatic rings. The van der Waals surface area contributed by atoms with Gasteiger partial charge < -0.3 is 15.0 Å². The molecule has 0 bridgehead atoms. The van der Waals surface area contributed by atoms with Crippen molar-refractivity contribution in [2.24, 2.45) is 13.0 Å². The Morgan fingerprint density at radius 1 is 1.19 bits per heavy atom. The fraction of sp³-hybridized carbons (Fsp3) is 0.320. The van der Waals surface area contributed by atoms with Crippen molar-refractivity contribution in [1.82, 2.24) is 14.9 Å². The number of methoxy groups -OCH3 is 1. The number of hydrogen-bond acceptors (Lipinski definition) is 5. The van der Waals surface area contributed by atoms with Gasteiger partial charge in [-0.05, 0) is 48.7 Å². The van der Waals surface area contributed by atoms with E-state index in [1.807, 2.05) is 43.4 Å². The normalized spacial score (nSPS) is 15.4. The van der Waals surface area contributed by atoms with Gasteiger partial charge >= 0.3 is 0 Å². The molecule has 1 fully saturated rings. The van der Waals surface area contributed by atoms with Crippen LogP contribution in [0, 0.1) is 12.5 Å². The number of nitrogens with zero attached hydrogens (tertiary/aromatic N) is 4. The summed E-state index contributed by atoms with van der Waals surface area (Å²) in [5, 5.41) is 3.39. The van der Waals surface area contributed by atoms with Crippen LogP contribution < -0.4 is 20.5 Å². The molecule has 0 amide bonds. The molecule has 1 N–H and O–H groups in total. The highest BCUT2D eigenvalue weighted by atomic mass is 16.5. The van der Waals surface area contributed by atoms with Crippen LogP contribution in [0.4, 0.5) is 11.6 Å². The maximum Gasteiger partial charge on any atom is 0.263 e. The maximum atomic E-state index is 13.6. The van der Waals surface area contributed by atoms with Gasteiger partial charge in [0, 0.05) is 20.6 Å². The Kier molecular flexibility index (Phi) is 6.24. The molecule has 2 aromatic carbocycles. The maximum absolute atomic E-state index is 13.6. The number of aromatic nitrogens is 2. The SMILES string of the molecule is [C-]#[N+]c1ccc(-c2nc(N(C)CC3CCNC3)n(C)c(=O)c2-c2ccc(OC)cc2)cc1. The van der Waals surface area contributed by atoms with Crippen molar-refractivity contribution in [3.8, 4) is 28.1 Å². The Hall–Kier alpha value is -3.63. The molecule has 0 saturated carbocycles. The molecule has 7 heteroatoms. The van der Waals surface area contributed by atoms with Gasteiger partial charge in [0.2, 0.25) is 5.95 Å². The summed E-state index contributed by atoms with van der Waals surface area (Å²) in [6.45, 7) is 10.1. The molecule has 2 heterocycles. The first-order chi connectivity index (χ1) is 15.5. The molecule has 1 aliphatic rings. The van der Waals surface area contributed by atoms with Gasteiger partial charge in [-0.15, -0.1) is 0 Å². The summed E-state index contributed by atoms with van der Waals surface area (Å²) < 4.78 is 6.90. The standard InChI is InChI=1S/C25H27N5O2/c1-26-20-9-5-19(6-10-20)23-22(18-7-11-21(32-4)12-8-18)24(31)30(3)25(28-23)29(2)16-17-13-14-27-15-17/h5-12,17,27H,13-16H2,2-4H3. The molecule has 1 saturated heterocycles. The average molecular weight is 430 g/mol. The largest absolute Gasteiger partial charge is 0.497 e. The van der Waals surface area contributed by atoms with Gasteiger partial charge in [0.05, 0.1) is 24.9 Å². The minimum atomic E-state index is -0.110. The van der Waals surface area contributed by atoms with Crippen molar-refractivity contribution >= 4 is 11.6 Å². The lowest BCUT2D eigenvalue weighted by molar-refractivity contribution is 0.415. The highest BCUT2D eigenvalue weighted by Crippen LogP contribution is 2.32. The van der Waals surface area contributed by atoms with Crippen LogP contribution in [0.2, 0.25) is 0 Å². The fourth-order valence-corrected chi connectivity index (χ4v) is 4.19. The van der Waals surface area contributed by atoms with Crippen LogP contribution in [-0.4, -0.2) is 43.3 Å². The van der Waals surface area contributed by atoms with E-state index in [1.165, 1.54) is 0 Å². The van der Waals surface area contributed by atoms with Crippen molar-refractivity contribution in [2.45, 2.75) is 6.42 Å². The number of nitrogens with one attached hydrogen (secondary N) is 1. The molecule has 32 heavy (non-hydrogen) atoms. The minimum absolute atomic E-state index is 0.110. The average Bonchev–Trinajstić information content (AvgIpc) is 3.34. The summed E-state index contributed by atoms with van der Waals surface area (Å²) in [5.41, 5.74) is 3.16. The molecule has 1 aromatic heterocycles. The second-order valence-corrected chi connectivity index (χ2v) is 8.13. The second-order valence-electron chi connectivity index (χ2n) is 8.13. The van der Waals surface area contributed by atoms with Gasteiger partial charge in [-0.3, -0.25) is 9.36 Å². The minimum Gasteiger partial charge on any atom is -0.497 e. The van der Waals surface area contributed by atoms with Crippen molar-refractivity contribution in [2.75, 3.05) is 38.7 Å². The topological polar surface area (TPSA) is 63.8 Å². The lowest BCUT2D eigenvalue weighted by Gasteiger charge is -2.25. The lowest BCUT2D eigenvalue weighted by Crippen LogP contribution is -2.34. The number of hydrogen-bond donors (Lipinski definition) is 1. The van der Waals surface area contributed by atoms with E-state index in [1.54, 1.807) is 30.9 Å². The Morgan fingerprint density at radius 2 is 1.88 bits per heavy atom. The third kappa shape index (κ3) is 4.23. The van der Waals surface area contributed by atoms with E-state index in [0.717, 1.165) is 42.9 Å². The molecule has 0 spiro atoms. The first-order valence-corrected chi connectivity index (χ1v) is 10.7. The Balaban J connectivity index is 1.86. The molecular weight excluding hydrogens is 402 g/mol. The third-order valence-electron chi connectivity index (χ3n) is 5.95. The van der Waals surface area contributed by atoms with E-state index < -0.39 is 0 Å². The Morgan fingerprint density at radius 3 is 2.47 bits per heavy atom. The van der Waals surface area contributed by atoms with Crippen LogP contribution in [0.15, 0.2) is 53.3 Å². The monoisotopic (exact) mass is 429 g/mol. The zero-order valence-corrected chi connectivity index (χ0v) is 18.6. The van der Waals surface area contributed by atoms with Crippen molar-refractivity contribution in [3.05, 3.63) is 70.3 Å². The van der Waals surface area contributed by atoms with Gasteiger partial charge in [-0.2, -0.15) is 0 Å². The lowest BCUT2D eigenvalue weighted by atomic mass is 10.00. The molecule has 4 rings (SSSR count). The Labute approximate surface area is 188 Å². The van der Waals surface area contributed by atoms with Crippen LogP contribution in [0.5, 0.6) is 5.75 Å². The van der Waals surface area contributed by atoms with E-state index in [9.17, 15) is 4.79 Å². The van der Waals surface area contributed by atoms with E-state index >= 15 is 0 Å². The number of benzene rings is 2. The van der Waals surface area contributed by atoms with Crippen LogP contribution in [0.25, 0.3) is 27.2 Å². The molecule has 1 unspecified atom stereocenters. The Bertz CT molecular complexity index is 1190. The van der Waals surface area contributed by atoms with Crippen molar-refractivity contribution in [1.29, 1.82) is 0 Å². The summed E-state index contributed by atoms with van der Waals surface area (Å²) in [4.78, 5) is 24.1. The highest BCUT2D eigenvalue weighted by molar-refractivity contribution is 5.81. The van der Waals surface area contributed by atoms with Gasteiger partial charge in [0.1, 0.15) is 5.75 Å². The smallest absolute Gasteiger partial charge is 0.263 e. The van der Waals surface area contributed by atoms with Gasteiger partial charge in [-0.25, -0.2) is 9.83 Å². The fourth-order valence-electron chi connectivity index (χ4n) is 4.19. The summed E-state index contributed by atoms with van der Waals surface area (Å²) in [6.07, 6.45) is 1.12. The zero-order chi connectivity index (χ0) is 22.7. The predicted molar refractivity (Wildman–Crippen MR) is 127 cm³/mol. The summed E-state index contributed by atoms with van der Waals surface area (Å²) in [6, 6.07) is 14.7. The van der Waals surface area contributed by atoms with E-state index in [-0.39, 0.29) is 5.56 Å². The molecule has 7 nitrogen and oxygen atoms in total. The van der Waals surface area contributed by atoms with Crippen LogP contribution in [-0.2, 0) is 7.05 Å². The number of anilines is 1. The van der Waals surface area contributed by atoms with Crippen molar-refractivity contribution in [3.63, 3.8) is 0 Å². The zero-order valence-electron chi connectivity index (χ0n) is 18.6. The van der Waals surface area contributed by atoms with Gasteiger partial charge in [0.15, 0.2) is 5.69 Å². The van der Waals surface area contributed by atoms with Crippen LogP contribution in [0.1, 0.15) is 6.42 Å². The highest BCUT2D eigenvalue weighted by Gasteiger charge is 2.22. The van der Waals surface area contributed by atoms with Gasteiger partial charge in [0.25, 0.3) is 5.56 Å². The molecule has 0 aliphatic carbocycles. The van der Waals surface area contributed by atoms with E-state index in [4.69, 9.17) is 16.3 Å². The number of ether oxygens (including phenoxy) is 1. The predicted octanol–water partition coefficient (Wildman–Crippen LogP) is 3.72. The molecule has 1 atom stereocenters. The second kappa shape index (κ2) is 9.25. The molecule has 1 aliphatic heterocycles.